The van der Waals surface area contributed by atoms with Crippen molar-refractivity contribution in [2.45, 2.75) is 33.2 Å². The van der Waals surface area contributed by atoms with Crippen LogP contribution in [0, 0.1) is 11.7 Å². The molecule has 0 heterocycles. The fraction of sp³-hybridized carbons (Fsp3) is 0.600. The number of benzene rings is 1. The molecule has 0 radical (unpaired) electrons. The third-order valence-corrected chi connectivity index (χ3v) is 2.99. The highest BCUT2D eigenvalue weighted by molar-refractivity contribution is 5.30. The first kappa shape index (κ1) is 15.9. The van der Waals surface area contributed by atoms with Crippen molar-refractivity contribution in [3.63, 3.8) is 0 Å². The first-order valence-electron chi connectivity index (χ1n) is 6.85. The van der Waals surface area contributed by atoms with Crippen LogP contribution < -0.4 is 10.1 Å². The maximum absolute atomic E-state index is 13.9. The van der Waals surface area contributed by atoms with Gasteiger partial charge in [0.25, 0.3) is 0 Å². The van der Waals surface area contributed by atoms with Gasteiger partial charge in [-0.05, 0) is 37.6 Å². The zero-order valence-corrected chi connectivity index (χ0v) is 11.9. The van der Waals surface area contributed by atoms with Crippen molar-refractivity contribution in [1.82, 2.24) is 5.32 Å². The summed E-state index contributed by atoms with van der Waals surface area (Å²) in [4.78, 5) is 0. The van der Waals surface area contributed by atoms with Crippen LogP contribution >= 0.6 is 0 Å². The van der Waals surface area contributed by atoms with Crippen molar-refractivity contribution < 1.29 is 14.2 Å². The Morgan fingerprint density at radius 2 is 2.11 bits per heavy atom. The Morgan fingerprint density at radius 1 is 1.37 bits per heavy atom. The van der Waals surface area contributed by atoms with Gasteiger partial charge in [0.05, 0.1) is 6.61 Å². The Kier molecular flexibility index (Phi) is 6.81. The number of rotatable bonds is 8. The van der Waals surface area contributed by atoms with Gasteiger partial charge in [-0.25, -0.2) is 4.39 Å². The van der Waals surface area contributed by atoms with E-state index in [1.165, 1.54) is 6.07 Å². The topological polar surface area (TPSA) is 41.5 Å². The van der Waals surface area contributed by atoms with Crippen LogP contribution in [0.3, 0.4) is 0 Å². The minimum absolute atomic E-state index is 0.00391. The lowest BCUT2D eigenvalue weighted by Crippen LogP contribution is -2.19. The van der Waals surface area contributed by atoms with E-state index in [-0.39, 0.29) is 30.1 Å². The van der Waals surface area contributed by atoms with E-state index in [1.54, 1.807) is 6.07 Å². The van der Waals surface area contributed by atoms with Crippen LogP contribution in [0.4, 0.5) is 4.39 Å². The van der Waals surface area contributed by atoms with Gasteiger partial charge in [0.15, 0.2) is 11.6 Å². The van der Waals surface area contributed by atoms with Gasteiger partial charge < -0.3 is 15.2 Å². The molecule has 0 saturated heterocycles. The molecule has 1 aromatic carbocycles. The highest BCUT2D eigenvalue weighted by Crippen LogP contribution is 2.22. The van der Waals surface area contributed by atoms with Crippen LogP contribution in [0.25, 0.3) is 0 Å². The van der Waals surface area contributed by atoms with Crippen LogP contribution in [-0.4, -0.2) is 24.9 Å². The van der Waals surface area contributed by atoms with Gasteiger partial charge in [-0.15, -0.1) is 0 Å². The molecule has 0 aromatic heterocycles. The molecule has 0 aliphatic rings. The fourth-order valence-corrected chi connectivity index (χ4v) is 1.67. The minimum atomic E-state index is -0.354. The zero-order chi connectivity index (χ0) is 14.3. The van der Waals surface area contributed by atoms with E-state index in [4.69, 9.17) is 9.84 Å². The van der Waals surface area contributed by atoms with Crippen LogP contribution in [0.15, 0.2) is 18.2 Å². The summed E-state index contributed by atoms with van der Waals surface area (Å²) in [5.74, 6) is -0.108. The van der Waals surface area contributed by atoms with E-state index < -0.39 is 0 Å². The number of nitrogens with one attached hydrogen (secondary N) is 1. The number of aliphatic hydroxyl groups is 1. The van der Waals surface area contributed by atoms with Gasteiger partial charge in [0.1, 0.15) is 0 Å². The highest BCUT2D eigenvalue weighted by Gasteiger charge is 2.10. The van der Waals surface area contributed by atoms with E-state index in [9.17, 15) is 4.39 Å². The Hall–Kier alpha value is -1.13. The largest absolute Gasteiger partial charge is 0.490 e. The highest BCUT2D eigenvalue weighted by atomic mass is 19.1. The maximum atomic E-state index is 13.9. The Morgan fingerprint density at radius 3 is 2.68 bits per heavy atom. The molecule has 108 valence electrons. The molecule has 0 saturated carbocycles. The van der Waals surface area contributed by atoms with Crippen molar-refractivity contribution in [2.24, 2.45) is 5.92 Å². The third kappa shape index (κ3) is 5.17. The lowest BCUT2D eigenvalue weighted by Gasteiger charge is -2.16. The average Bonchev–Trinajstić information content (AvgIpc) is 2.42. The van der Waals surface area contributed by atoms with Crippen LogP contribution in [0.2, 0.25) is 0 Å². The second-order valence-electron chi connectivity index (χ2n) is 4.96. The van der Waals surface area contributed by atoms with Gasteiger partial charge in [-0.2, -0.15) is 0 Å². The fourth-order valence-electron chi connectivity index (χ4n) is 1.67. The molecule has 0 amide bonds. The van der Waals surface area contributed by atoms with Crippen molar-refractivity contribution in [1.29, 1.82) is 0 Å². The van der Waals surface area contributed by atoms with Gasteiger partial charge >= 0.3 is 0 Å². The predicted octanol–water partition coefficient (Wildman–Crippen LogP) is 2.89. The first-order valence-corrected chi connectivity index (χ1v) is 6.85. The van der Waals surface area contributed by atoms with E-state index in [0.29, 0.717) is 6.61 Å². The Balaban J connectivity index is 2.63. The SMILES string of the molecule is CCCNC(C)c1ccc(OCC(C)CO)c(F)c1. The van der Waals surface area contributed by atoms with Gasteiger partial charge in [-0.1, -0.05) is 19.9 Å². The number of hydrogen-bond acceptors (Lipinski definition) is 3. The lowest BCUT2D eigenvalue weighted by molar-refractivity contribution is 0.171. The molecule has 0 bridgehead atoms. The van der Waals surface area contributed by atoms with Crippen molar-refractivity contribution in [3.05, 3.63) is 29.6 Å². The van der Waals surface area contributed by atoms with Gasteiger partial charge in [-0.3, -0.25) is 0 Å². The second-order valence-corrected chi connectivity index (χ2v) is 4.96. The van der Waals surface area contributed by atoms with Crippen molar-refractivity contribution in [3.8, 4) is 5.75 Å². The quantitative estimate of drug-likeness (QED) is 0.762. The van der Waals surface area contributed by atoms with Gasteiger partial charge in [0, 0.05) is 18.6 Å². The van der Waals surface area contributed by atoms with Crippen molar-refractivity contribution in [2.75, 3.05) is 19.8 Å². The molecule has 0 fully saturated rings. The standard InChI is InChI=1S/C15H24FNO2/c1-4-7-17-12(3)13-5-6-15(14(16)8-13)19-10-11(2)9-18/h5-6,8,11-12,17-18H,4,7,9-10H2,1-3H3. The third-order valence-electron chi connectivity index (χ3n) is 2.99. The molecule has 0 aliphatic heterocycles. The lowest BCUT2D eigenvalue weighted by atomic mass is 10.1. The zero-order valence-electron chi connectivity index (χ0n) is 11.9. The summed E-state index contributed by atoms with van der Waals surface area (Å²) >= 11 is 0. The number of hydrogen-bond donors (Lipinski definition) is 2. The number of ether oxygens (including phenoxy) is 1. The summed E-state index contributed by atoms with van der Waals surface area (Å²) in [6, 6.07) is 5.15. The second kappa shape index (κ2) is 8.12. The molecule has 19 heavy (non-hydrogen) atoms. The molecule has 3 nitrogen and oxygen atoms in total. The summed E-state index contributed by atoms with van der Waals surface area (Å²) in [7, 11) is 0. The Bertz CT molecular complexity index is 384. The molecule has 0 aliphatic carbocycles. The molecule has 2 unspecified atom stereocenters. The van der Waals surface area contributed by atoms with Gasteiger partial charge in [0.2, 0.25) is 0 Å². The minimum Gasteiger partial charge on any atom is -0.490 e. The van der Waals surface area contributed by atoms with E-state index in [1.807, 2.05) is 19.9 Å². The molecule has 1 aromatic rings. The van der Waals surface area contributed by atoms with Crippen LogP contribution in [-0.2, 0) is 0 Å². The average molecular weight is 269 g/mol. The van der Waals surface area contributed by atoms with Crippen LogP contribution in [0.5, 0.6) is 5.75 Å². The smallest absolute Gasteiger partial charge is 0.165 e. The molecule has 2 N–H and O–H groups in total. The molecule has 0 spiro atoms. The maximum Gasteiger partial charge on any atom is 0.165 e. The molecule has 1 rings (SSSR count). The van der Waals surface area contributed by atoms with Crippen molar-refractivity contribution >= 4 is 0 Å². The normalized spacial score (nSPS) is 14.2. The summed E-state index contributed by atoms with van der Waals surface area (Å²) in [6.45, 7) is 7.23. The van der Waals surface area contributed by atoms with E-state index in [0.717, 1.165) is 18.5 Å². The molecule has 2 atom stereocenters. The summed E-state index contributed by atoms with van der Waals surface area (Å²) in [5.41, 5.74) is 0.911. The van der Waals surface area contributed by atoms with E-state index >= 15 is 0 Å². The molecular formula is C15H24FNO2. The molecular weight excluding hydrogens is 245 g/mol. The van der Waals surface area contributed by atoms with Crippen LogP contribution in [0.1, 0.15) is 38.8 Å². The number of aliphatic hydroxyl groups excluding tert-OH is 1. The first-order chi connectivity index (χ1) is 9.08. The summed E-state index contributed by atoms with van der Waals surface area (Å²) < 4.78 is 19.2. The molecule has 4 heteroatoms. The van der Waals surface area contributed by atoms with E-state index in [2.05, 4.69) is 12.2 Å². The summed E-state index contributed by atoms with van der Waals surface area (Å²) in [5, 5.41) is 12.2. The summed E-state index contributed by atoms with van der Waals surface area (Å²) in [6.07, 6.45) is 1.05. The Labute approximate surface area is 114 Å². The predicted molar refractivity (Wildman–Crippen MR) is 74.9 cm³/mol. The number of halogens is 1. The monoisotopic (exact) mass is 269 g/mol.